The van der Waals surface area contributed by atoms with Gasteiger partial charge >= 0.3 is 5.97 Å². The molecule has 0 N–H and O–H groups in total. The summed E-state index contributed by atoms with van der Waals surface area (Å²) in [4.78, 5) is 22.7. The van der Waals surface area contributed by atoms with E-state index in [4.69, 9.17) is 0 Å². The van der Waals surface area contributed by atoms with E-state index in [2.05, 4.69) is 4.74 Å². The van der Waals surface area contributed by atoms with E-state index in [1.807, 2.05) is 0 Å². The fourth-order valence-electron chi connectivity index (χ4n) is 0.941. The summed E-state index contributed by atoms with van der Waals surface area (Å²) in [6.07, 6.45) is -1.84. The molecular formula is C10H15F2NO3. The summed E-state index contributed by atoms with van der Waals surface area (Å²) in [7, 11) is 2.94. The van der Waals surface area contributed by atoms with Crippen molar-refractivity contribution < 1.29 is 23.1 Å². The molecule has 0 bridgehead atoms. The van der Waals surface area contributed by atoms with Crippen molar-refractivity contribution in [2.45, 2.75) is 19.8 Å². The van der Waals surface area contributed by atoms with Crippen LogP contribution in [0.2, 0.25) is 0 Å². The van der Waals surface area contributed by atoms with E-state index < -0.39 is 12.4 Å². The van der Waals surface area contributed by atoms with Gasteiger partial charge in [-0.2, -0.15) is 0 Å². The van der Waals surface area contributed by atoms with E-state index in [1.54, 1.807) is 0 Å². The van der Waals surface area contributed by atoms with Crippen LogP contribution in [0.4, 0.5) is 8.78 Å². The summed E-state index contributed by atoms with van der Waals surface area (Å²) in [5, 5.41) is 0. The predicted molar refractivity (Wildman–Crippen MR) is 54.0 cm³/mol. The maximum Gasteiger partial charge on any atom is 0.313 e. The molecule has 0 amide bonds. The van der Waals surface area contributed by atoms with E-state index in [0.717, 1.165) is 6.08 Å². The molecule has 0 heterocycles. The first-order chi connectivity index (χ1) is 7.34. The van der Waals surface area contributed by atoms with E-state index >= 15 is 0 Å². The van der Waals surface area contributed by atoms with Crippen molar-refractivity contribution in [1.29, 1.82) is 0 Å². The number of nitrogens with zero attached hydrogens (tertiary/aromatic N) is 1. The monoisotopic (exact) mass is 235 g/mol. The number of ether oxygens (including phenoxy) is 1. The Morgan fingerprint density at radius 2 is 1.94 bits per heavy atom. The van der Waals surface area contributed by atoms with Crippen LogP contribution in [-0.4, -0.2) is 43.8 Å². The summed E-state index contributed by atoms with van der Waals surface area (Å²) in [6.45, 7) is 0.992. The van der Waals surface area contributed by atoms with Gasteiger partial charge in [-0.15, -0.1) is 0 Å². The number of hydrogen-bond donors (Lipinski definition) is 0. The number of carbonyl (C=O) groups excluding carboxylic acids is 2. The Morgan fingerprint density at radius 1 is 1.38 bits per heavy atom. The zero-order valence-corrected chi connectivity index (χ0v) is 9.50. The second-order valence-electron chi connectivity index (χ2n) is 3.39. The molecule has 4 nitrogen and oxygen atoms in total. The average molecular weight is 235 g/mol. The normalized spacial score (nSPS) is 11.5. The third kappa shape index (κ3) is 6.10. The lowest BCUT2D eigenvalue weighted by atomic mass is 10.3. The van der Waals surface area contributed by atoms with Gasteiger partial charge in [0.15, 0.2) is 0 Å². The fourth-order valence-corrected chi connectivity index (χ4v) is 0.941. The molecular weight excluding hydrogens is 220 g/mol. The van der Waals surface area contributed by atoms with Gasteiger partial charge in [-0.25, -0.2) is 8.78 Å². The summed E-state index contributed by atoms with van der Waals surface area (Å²) in [5.41, 5.74) is -0.226. The summed E-state index contributed by atoms with van der Waals surface area (Å²) in [5.74, 6) is -1.04. The molecule has 0 aliphatic rings. The van der Waals surface area contributed by atoms with Crippen LogP contribution in [0.1, 0.15) is 13.3 Å². The number of carbonyl (C=O) groups is 2. The molecule has 0 spiro atoms. The largest absolute Gasteiger partial charge is 0.461 e. The van der Waals surface area contributed by atoms with Crippen molar-refractivity contribution in [3.63, 3.8) is 0 Å². The number of alkyl halides is 2. The molecule has 0 saturated heterocycles. The van der Waals surface area contributed by atoms with E-state index in [-0.39, 0.29) is 24.5 Å². The Hall–Kier alpha value is -1.46. The van der Waals surface area contributed by atoms with E-state index in [1.165, 1.54) is 25.9 Å². The molecule has 0 aromatic heterocycles. The quantitative estimate of drug-likeness (QED) is 0.513. The second kappa shape index (κ2) is 6.92. The molecule has 0 unspecified atom stereocenters. The van der Waals surface area contributed by atoms with Crippen LogP contribution in [-0.2, 0) is 14.3 Å². The molecule has 0 aromatic rings. The van der Waals surface area contributed by atoms with E-state index in [0.29, 0.717) is 0 Å². The maximum absolute atomic E-state index is 12.4. The third-order valence-corrected chi connectivity index (χ3v) is 1.67. The van der Waals surface area contributed by atoms with Crippen LogP contribution < -0.4 is 0 Å². The lowest BCUT2D eigenvalue weighted by Crippen LogP contribution is -2.18. The topological polar surface area (TPSA) is 46.6 Å². The van der Waals surface area contributed by atoms with Crippen LogP contribution in [0.15, 0.2) is 11.8 Å². The van der Waals surface area contributed by atoms with Crippen molar-refractivity contribution in [2.75, 3.05) is 20.7 Å². The number of Topliss-reactive ketones (excluding diaryl/α,β-unsaturated/α-hetero) is 1. The van der Waals surface area contributed by atoms with Gasteiger partial charge in [-0.3, -0.25) is 9.59 Å². The van der Waals surface area contributed by atoms with Gasteiger partial charge in [0, 0.05) is 14.1 Å². The summed E-state index contributed by atoms with van der Waals surface area (Å²) < 4.78 is 29.3. The van der Waals surface area contributed by atoms with Gasteiger partial charge in [0.25, 0.3) is 6.43 Å². The van der Waals surface area contributed by atoms with Crippen molar-refractivity contribution in [3.05, 3.63) is 11.8 Å². The van der Waals surface area contributed by atoms with Gasteiger partial charge in [0.2, 0.25) is 0 Å². The molecule has 0 fully saturated rings. The molecule has 0 saturated carbocycles. The molecule has 92 valence electrons. The highest BCUT2D eigenvalue weighted by molar-refractivity contribution is 5.94. The Labute approximate surface area is 92.9 Å². The van der Waals surface area contributed by atoms with Gasteiger partial charge in [0.1, 0.15) is 18.8 Å². The minimum absolute atomic E-state index is 0.226. The lowest BCUT2D eigenvalue weighted by Gasteiger charge is -2.16. The number of halogens is 2. The number of rotatable bonds is 6. The van der Waals surface area contributed by atoms with Gasteiger partial charge in [-0.05, 0) is 13.0 Å². The molecule has 0 aromatic carbocycles. The molecule has 0 atom stereocenters. The highest BCUT2D eigenvalue weighted by atomic mass is 19.3. The Balaban J connectivity index is 4.15. The first-order valence-electron chi connectivity index (χ1n) is 4.65. The summed E-state index contributed by atoms with van der Waals surface area (Å²) >= 11 is 0. The number of hydrogen-bond acceptors (Lipinski definition) is 4. The predicted octanol–water partition coefficient (Wildman–Crippen LogP) is 1.22. The SMILES string of the molecule is CC(=O)CC(=O)OCC=C(C(F)F)N(C)C. The standard InChI is InChI=1S/C10H15F2NO3/c1-7(14)6-9(15)16-5-4-8(10(11)12)13(2)3/h4,10H,5-6H2,1-3H3. The number of ketones is 1. The Bertz CT molecular complexity index is 278. The third-order valence-electron chi connectivity index (χ3n) is 1.67. The molecule has 0 rings (SSSR count). The Morgan fingerprint density at radius 3 is 2.31 bits per heavy atom. The smallest absolute Gasteiger partial charge is 0.313 e. The van der Waals surface area contributed by atoms with Gasteiger partial charge in [-0.1, -0.05) is 0 Å². The van der Waals surface area contributed by atoms with Crippen LogP contribution in [0.25, 0.3) is 0 Å². The number of esters is 1. The lowest BCUT2D eigenvalue weighted by molar-refractivity contribution is -0.144. The first kappa shape index (κ1) is 14.5. The van der Waals surface area contributed by atoms with Crippen molar-refractivity contribution >= 4 is 11.8 Å². The highest BCUT2D eigenvalue weighted by Crippen LogP contribution is 2.10. The van der Waals surface area contributed by atoms with E-state index in [9.17, 15) is 18.4 Å². The van der Waals surface area contributed by atoms with Crippen molar-refractivity contribution in [3.8, 4) is 0 Å². The van der Waals surface area contributed by atoms with Gasteiger partial charge < -0.3 is 9.64 Å². The average Bonchev–Trinajstić information content (AvgIpc) is 2.09. The van der Waals surface area contributed by atoms with Crippen LogP contribution in [0.3, 0.4) is 0 Å². The van der Waals surface area contributed by atoms with Crippen LogP contribution in [0, 0.1) is 0 Å². The zero-order valence-electron chi connectivity index (χ0n) is 9.50. The second-order valence-corrected chi connectivity index (χ2v) is 3.39. The van der Waals surface area contributed by atoms with Crippen molar-refractivity contribution in [2.24, 2.45) is 0 Å². The summed E-state index contributed by atoms with van der Waals surface area (Å²) in [6, 6.07) is 0. The minimum atomic E-state index is -2.62. The van der Waals surface area contributed by atoms with Crippen LogP contribution in [0.5, 0.6) is 0 Å². The molecule has 0 aliphatic carbocycles. The minimum Gasteiger partial charge on any atom is -0.461 e. The Kier molecular flexibility index (Phi) is 6.29. The zero-order chi connectivity index (χ0) is 12.7. The highest BCUT2D eigenvalue weighted by Gasteiger charge is 2.13. The van der Waals surface area contributed by atoms with Crippen LogP contribution >= 0.6 is 0 Å². The first-order valence-corrected chi connectivity index (χ1v) is 4.65. The maximum atomic E-state index is 12.4. The molecule has 0 radical (unpaired) electrons. The molecule has 6 heteroatoms. The molecule has 0 aliphatic heterocycles. The number of allylic oxidation sites excluding steroid dienone is 1. The van der Waals surface area contributed by atoms with Crippen molar-refractivity contribution in [1.82, 2.24) is 4.90 Å². The molecule has 16 heavy (non-hydrogen) atoms. The van der Waals surface area contributed by atoms with Gasteiger partial charge in [0.05, 0.1) is 5.70 Å². The fraction of sp³-hybridized carbons (Fsp3) is 0.600.